The summed E-state index contributed by atoms with van der Waals surface area (Å²) in [6, 6.07) is 7.78. The monoisotopic (exact) mass is 287 g/mol. The number of hydrogen-bond donors (Lipinski definition) is 1. The van der Waals surface area contributed by atoms with Gasteiger partial charge in [-0.25, -0.2) is 4.98 Å². The van der Waals surface area contributed by atoms with Gasteiger partial charge in [-0.05, 0) is 31.4 Å². The fourth-order valence-electron chi connectivity index (χ4n) is 2.50. The van der Waals surface area contributed by atoms with Crippen LogP contribution in [0.4, 0.5) is 0 Å². The third kappa shape index (κ3) is 3.43. The average Bonchev–Trinajstić information content (AvgIpc) is 2.82. The van der Waals surface area contributed by atoms with Crippen LogP contribution >= 0.6 is 0 Å². The predicted octanol–water partition coefficient (Wildman–Crippen LogP) is 3.32. The maximum Gasteiger partial charge on any atom is 0.242 e. The summed E-state index contributed by atoms with van der Waals surface area (Å²) in [5.41, 5.74) is 2.00. The molecule has 1 amide bonds. The molecule has 0 spiro atoms. The van der Waals surface area contributed by atoms with Crippen molar-refractivity contribution in [3.8, 4) is 0 Å². The summed E-state index contributed by atoms with van der Waals surface area (Å²) >= 11 is 0. The number of fused-ring (bicyclic) bond motifs is 1. The SMILES string of the molecule is CCCc1nc2ccccc2n1C(C)C(=O)NCC(C)C. The number of aromatic nitrogens is 2. The largest absolute Gasteiger partial charge is 0.354 e. The number of nitrogens with zero attached hydrogens (tertiary/aromatic N) is 2. The lowest BCUT2D eigenvalue weighted by Crippen LogP contribution is -2.34. The molecule has 2 aromatic rings. The van der Waals surface area contributed by atoms with E-state index in [9.17, 15) is 4.79 Å². The smallest absolute Gasteiger partial charge is 0.242 e. The predicted molar refractivity (Wildman–Crippen MR) is 86.3 cm³/mol. The number of carbonyl (C=O) groups excluding carboxylic acids is 1. The molecular weight excluding hydrogens is 262 g/mol. The van der Waals surface area contributed by atoms with E-state index < -0.39 is 0 Å². The molecule has 4 heteroatoms. The standard InChI is InChI=1S/C17H25N3O/c1-5-8-16-19-14-9-6-7-10-15(14)20(16)13(4)17(21)18-11-12(2)3/h6-7,9-10,12-13H,5,8,11H2,1-4H3,(H,18,21). The van der Waals surface area contributed by atoms with Gasteiger partial charge in [0.25, 0.3) is 0 Å². The molecule has 1 aromatic carbocycles. The molecule has 1 atom stereocenters. The summed E-state index contributed by atoms with van der Waals surface area (Å²) < 4.78 is 2.08. The molecule has 0 aliphatic rings. The van der Waals surface area contributed by atoms with Crippen LogP contribution in [-0.2, 0) is 11.2 Å². The molecule has 0 aliphatic carbocycles. The van der Waals surface area contributed by atoms with E-state index in [4.69, 9.17) is 0 Å². The molecule has 0 bridgehead atoms. The minimum atomic E-state index is -0.238. The maximum atomic E-state index is 12.4. The number of carbonyl (C=O) groups is 1. The van der Waals surface area contributed by atoms with Crippen molar-refractivity contribution in [3.05, 3.63) is 30.1 Å². The lowest BCUT2D eigenvalue weighted by molar-refractivity contribution is -0.124. The molecule has 4 nitrogen and oxygen atoms in total. The molecule has 0 radical (unpaired) electrons. The number of amides is 1. The van der Waals surface area contributed by atoms with Crippen molar-refractivity contribution < 1.29 is 4.79 Å². The van der Waals surface area contributed by atoms with Gasteiger partial charge in [-0.1, -0.05) is 32.9 Å². The Hall–Kier alpha value is -1.84. The zero-order valence-electron chi connectivity index (χ0n) is 13.4. The molecule has 114 valence electrons. The van der Waals surface area contributed by atoms with E-state index in [1.54, 1.807) is 0 Å². The summed E-state index contributed by atoms with van der Waals surface area (Å²) in [7, 11) is 0. The molecule has 1 aromatic heterocycles. The van der Waals surface area contributed by atoms with Gasteiger partial charge in [0.15, 0.2) is 0 Å². The van der Waals surface area contributed by atoms with Gasteiger partial charge < -0.3 is 9.88 Å². The van der Waals surface area contributed by atoms with Crippen molar-refractivity contribution in [2.24, 2.45) is 5.92 Å². The minimum absolute atomic E-state index is 0.0595. The third-order valence-electron chi connectivity index (χ3n) is 3.59. The number of aryl methyl sites for hydroxylation is 1. The van der Waals surface area contributed by atoms with E-state index in [0.29, 0.717) is 12.5 Å². The average molecular weight is 287 g/mol. The Morgan fingerprint density at radius 2 is 2.00 bits per heavy atom. The molecule has 1 heterocycles. The van der Waals surface area contributed by atoms with E-state index in [1.807, 2.05) is 31.2 Å². The van der Waals surface area contributed by atoms with Crippen molar-refractivity contribution in [1.29, 1.82) is 0 Å². The Labute approximate surface area is 126 Å². The molecule has 0 fully saturated rings. The van der Waals surface area contributed by atoms with Crippen molar-refractivity contribution in [1.82, 2.24) is 14.9 Å². The molecule has 0 saturated carbocycles. The summed E-state index contributed by atoms with van der Waals surface area (Å²) in [6.07, 6.45) is 1.90. The van der Waals surface area contributed by atoms with E-state index in [1.165, 1.54) is 0 Å². The summed E-state index contributed by atoms with van der Waals surface area (Å²) in [6.45, 7) is 8.98. The van der Waals surface area contributed by atoms with Crippen LogP contribution in [0.1, 0.15) is 46.0 Å². The van der Waals surface area contributed by atoms with Gasteiger partial charge in [0, 0.05) is 13.0 Å². The van der Waals surface area contributed by atoms with Crippen molar-refractivity contribution in [3.63, 3.8) is 0 Å². The van der Waals surface area contributed by atoms with Gasteiger partial charge in [0.05, 0.1) is 11.0 Å². The fraction of sp³-hybridized carbons (Fsp3) is 0.529. The first-order valence-corrected chi connectivity index (χ1v) is 7.78. The van der Waals surface area contributed by atoms with Crippen LogP contribution in [0.5, 0.6) is 0 Å². The summed E-state index contributed by atoms with van der Waals surface area (Å²) in [4.78, 5) is 17.1. The highest BCUT2D eigenvalue weighted by Gasteiger charge is 2.20. The van der Waals surface area contributed by atoms with Crippen molar-refractivity contribution in [2.45, 2.75) is 46.6 Å². The molecule has 0 saturated heterocycles. The van der Waals surface area contributed by atoms with Crippen LogP contribution in [0.3, 0.4) is 0 Å². The third-order valence-corrected chi connectivity index (χ3v) is 3.59. The second-order valence-electron chi connectivity index (χ2n) is 5.95. The van der Waals surface area contributed by atoms with Crippen LogP contribution in [-0.4, -0.2) is 22.0 Å². The van der Waals surface area contributed by atoms with Crippen molar-refractivity contribution in [2.75, 3.05) is 6.54 Å². The first-order valence-electron chi connectivity index (χ1n) is 7.78. The molecule has 21 heavy (non-hydrogen) atoms. The van der Waals surface area contributed by atoms with Crippen LogP contribution in [0.15, 0.2) is 24.3 Å². The van der Waals surface area contributed by atoms with E-state index in [2.05, 4.69) is 35.6 Å². The van der Waals surface area contributed by atoms with Crippen molar-refractivity contribution >= 4 is 16.9 Å². The van der Waals surface area contributed by atoms with Gasteiger partial charge in [0.1, 0.15) is 11.9 Å². The number of nitrogens with one attached hydrogen (secondary N) is 1. The number of rotatable bonds is 6. The Kier molecular flexibility index (Phi) is 4.99. The highest BCUT2D eigenvalue weighted by Crippen LogP contribution is 2.22. The quantitative estimate of drug-likeness (QED) is 0.886. The van der Waals surface area contributed by atoms with Gasteiger partial charge in [-0.2, -0.15) is 0 Å². The number of imidazole rings is 1. The number of benzene rings is 1. The fourth-order valence-corrected chi connectivity index (χ4v) is 2.50. The first-order chi connectivity index (χ1) is 10.0. The molecule has 0 aliphatic heterocycles. The van der Waals surface area contributed by atoms with E-state index in [-0.39, 0.29) is 11.9 Å². The Morgan fingerprint density at radius 1 is 1.29 bits per heavy atom. The molecule has 1 N–H and O–H groups in total. The second kappa shape index (κ2) is 6.74. The lowest BCUT2D eigenvalue weighted by Gasteiger charge is -2.18. The van der Waals surface area contributed by atoms with Crippen LogP contribution in [0.2, 0.25) is 0 Å². The topological polar surface area (TPSA) is 46.9 Å². The minimum Gasteiger partial charge on any atom is -0.354 e. The molecular formula is C17H25N3O. The summed E-state index contributed by atoms with van der Waals surface area (Å²) in [5, 5.41) is 3.02. The molecule has 2 rings (SSSR count). The highest BCUT2D eigenvalue weighted by molar-refractivity contribution is 5.84. The van der Waals surface area contributed by atoms with Crippen LogP contribution < -0.4 is 5.32 Å². The molecule has 1 unspecified atom stereocenters. The maximum absolute atomic E-state index is 12.4. The lowest BCUT2D eigenvalue weighted by atomic mass is 10.2. The van der Waals surface area contributed by atoms with Gasteiger partial charge in [-0.15, -0.1) is 0 Å². The Balaban J connectivity index is 2.34. The zero-order chi connectivity index (χ0) is 15.4. The highest BCUT2D eigenvalue weighted by atomic mass is 16.2. The van der Waals surface area contributed by atoms with Crippen LogP contribution in [0, 0.1) is 5.92 Å². The summed E-state index contributed by atoms with van der Waals surface area (Å²) in [5.74, 6) is 1.51. The van der Waals surface area contributed by atoms with E-state index >= 15 is 0 Å². The van der Waals surface area contributed by atoms with Crippen LogP contribution in [0.25, 0.3) is 11.0 Å². The van der Waals surface area contributed by atoms with Gasteiger partial charge in [0.2, 0.25) is 5.91 Å². The Bertz CT molecular complexity index is 616. The Morgan fingerprint density at radius 3 is 2.67 bits per heavy atom. The normalized spacial score (nSPS) is 12.8. The van der Waals surface area contributed by atoms with Gasteiger partial charge >= 0.3 is 0 Å². The zero-order valence-corrected chi connectivity index (χ0v) is 13.4. The number of para-hydroxylation sites is 2. The van der Waals surface area contributed by atoms with E-state index in [0.717, 1.165) is 29.7 Å². The second-order valence-corrected chi connectivity index (χ2v) is 5.95. The number of hydrogen-bond acceptors (Lipinski definition) is 2. The van der Waals surface area contributed by atoms with Gasteiger partial charge in [-0.3, -0.25) is 4.79 Å². The first kappa shape index (κ1) is 15.5.